The lowest BCUT2D eigenvalue weighted by Crippen LogP contribution is -2.49. The molecule has 0 bridgehead atoms. The van der Waals surface area contributed by atoms with Gasteiger partial charge in [0.25, 0.3) is 0 Å². The molecule has 0 spiro atoms. The van der Waals surface area contributed by atoms with Crippen LogP contribution in [0.15, 0.2) is 42.5 Å². The minimum Gasteiger partial charge on any atom is -0.368 e. The van der Waals surface area contributed by atoms with Crippen LogP contribution in [0.5, 0.6) is 0 Å². The number of hydrogen-bond donors (Lipinski definition) is 0. The van der Waals surface area contributed by atoms with Gasteiger partial charge in [-0.3, -0.25) is 4.79 Å². The Morgan fingerprint density at radius 3 is 2.43 bits per heavy atom. The summed E-state index contributed by atoms with van der Waals surface area (Å²) in [6.45, 7) is 4.46. The Bertz CT molecular complexity index is 846. The van der Waals surface area contributed by atoms with Crippen LogP contribution in [0.3, 0.4) is 0 Å². The van der Waals surface area contributed by atoms with Crippen LogP contribution >= 0.6 is 11.6 Å². The number of nitrogens with zero attached hydrogens (tertiary/aromatic N) is 2. The van der Waals surface area contributed by atoms with Crippen LogP contribution < -0.4 is 4.90 Å². The number of rotatable bonds is 4. The van der Waals surface area contributed by atoms with Crippen molar-refractivity contribution in [2.75, 3.05) is 31.1 Å². The van der Waals surface area contributed by atoms with Gasteiger partial charge >= 0.3 is 6.18 Å². The lowest BCUT2D eigenvalue weighted by atomic mass is 10.0. The van der Waals surface area contributed by atoms with Crippen molar-refractivity contribution in [2.45, 2.75) is 25.9 Å². The van der Waals surface area contributed by atoms with Crippen LogP contribution in [0, 0.1) is 6.92 Å². The molecule has 2 aromatic rings. The summed E-state index contributed by atoms with van der Waals surface area (Å²) in [7, 11) is 0. The molecule has 2 aromatic carbocycles. The van der Waals surface area contributed by atoms with E-state index in [1.807, 2.05) is 25.1 Å². The van der Waals surface area contributed by atoms with Crippen molar-refractivity contribution in [2.24, 2.45) is 0 Å². The molecular formula is C21H22ClF3N2O. The topological polar surface area (TPSA) is 23.6 Å². The van der Waals surface area contributed by atoms with Gasteiger partial charge in [0.05, 0.1) is 5.56 Å². The molecule has 0 unspecified atom stereocenters. The minimum atomic E-state index is -4.40. The zero-order valence-electron chi connectivity index (χ0n) is 15.6. The van der Waals surface area contributed by atoms with Crippen molar-refractivity contribution in [3.63, 3.8) is 0 Å². The molecule has 1 aliphatic heterocycles. The fraction of sp³-hybridized carbons (Fsp3) is 0.381. The largest absolute Gasteiger partial charge is 0.416 e. The van der Waals surface area contributed by atoms with Crippen molar-refractivity contribution in [1.82, 2.24) is 4.90 Å². The van der Waals surface area contributed by atoms with E-state index in [9.17, 15) is 18.0 Å². The van der Waals surface area contributed by atoms with Gasteiger partial charge in [0.1, 0.15) is 0 Å². The molecule has 1 heterocycles. The predicted octanol–water partition coefficient (Wildman–Crippen LogP) is 4.95. The number of carbonyl (C=O) groups is 1. The molecular weight excluding hydrogens is 389 g/mol. The van der Waals surface area contributed by atoms with Gasteiger partial charge in [0, 0.05) is 43.3 Å². The second-order valence-corrected chi connectivity index (χ2v) is 7.39. The molecule has 0 radical (unpaired) electrons. The molecule has 1 amide bonds. The van der Waals surface area contributed by atoms with E-state index >= 15 is 0 Å². The number of carbonyl (C=O) groups excluding carboxylic acids is 1. The highest BCUT2D eigenvalue weighted by Gasteiger charge is 2.33. The number of alkyl halides is 3. The Hall–Kier alpha value is -2.21. The van der Waals surface area contributed by atoms with E-state index in [1.165, 1.54) is 12.1 Å². The first-order valence-corrected chi connectivity index (χ1v) is 9.57. The summed E-state index contributed by atoms with van der Waals surface area (Å²) in [5, 5.41) is 0.669. The van der Waals surface area contributed by atoms with Crippen molar-refractivity contribution in [3.05, 3.63) is 64.2 Å². The molecule has 28 heavy (non-hydrogen) atoms. The highest BCUT2D eigenvalue weighted by Crippen LogP contribution is 2.32. The Morgan fingerprint density at radius 1 is 1.07 bits per heavy atom. The van der Waals surface area contributed by atoms with Gasteiger partial charge in [-0.05, 0) is 42.7 Å². The maximum atomic E-state index is 13.1. The number of hydrogen-bond acceptors (Lipinski definition) is 2. The van der Waals surface area contributed by atoms with Gasteiger partial charge in [-0.2, -0.15) is 13.2 Å². The molecule has 7 heteroatoms. The van der Waals surface area contributed by atoms with Gasteiger partial charge in [0.2, 0.25) is 5.91 Å². The molecule has 0 N–H and O–H groups in total. The fourth-order valence-electron chi connectivity index (χ4n) is 3.53. The van der Waals surface area contributed by atoms with E-state index in [-0.39, 0.29) is 24.3 Å². The van der Waals surface area contributed by atoms with Crippen LogP contribution in [0.2, 0.25) is 5.02 Å². The molecule has 0 aliphatic carbocycles. The third kappa shape index (κ3) is 4.79. The van der Waals surface area contributed by atoms with Gasteiger partial charge in [-0.25, -0.2) is 0 Å². The van der Waals surface area contributed by atoms with Crippen LogP contribution in [-0.2, 0) is 17.4 Å². The summed E-state index contributed by atoms with van der Waals surface area (Å²) >= 11 is 6.09. The highest BCUT2D eigenvalue weighted by molar-refractivity contribution is 6.30. The summed E-state index contributed by atoms with van der Waals surface area (Å²) in [6.07, 6.45) is -4.24. The zero-order chi connectivity index (χ0) is 20.3. The zero-order valence-corrected chi connectivity index (χ0v) is 16.4. The van der Waals surface area contributed by atoms with Crippen molar-refractivity contribution in [1.29, 1.82) is 0 Å². The van der Waals surface area contributed by atoms with E-state index < -0.39 is 11.7 Å². The highest BCUT2D eigenvalue weighted by atomic mass is 35.5. The monoisotopic (exact) mass is 410 g/mol. The summed E-state index contributed by atoms with van der Waals surface area (Å²) in [5.41, 5.74) is 1.67. The van der Waals surface area contributed by atoms with Crippen molar-refractivity contribution in [3.8, 4) is 0 Å². The summed E-state index contributed by atoms with van der Waals surface area (Å²) < 4.78 is 39.2. The summed E-state index contributed by atoms with van der Waals surface area (Å²) in [5.74, 6) is -0.112. The molecule has 1 fully saturated rings. The molecule has 1 aliphatic rings. The minimum absolute atomic E-state index is 0.0727. The summed E-state index contributed by atoms with van der Waals surface area (Å²) in [4.78, 5) is 16.4. The van der Waals surface area contributed by atoms with Gasteiger partial charge in [-0.15, -0.1) is 0 Å². The second kappa shape index (κ2) is 8.43. The third-order valence-electron chi connectivity index (χ3n) is 5.08. The first kappa shape index (κ1) is 20.5. The number of halogens is 4. The van der Waals surface area contributed by atoms with E-state index in [4.69, 9.17) is 11.6 Å². The Kier molecular flexibility index (Phi) is 6.18. The van der Waals surface area contributed by atoms with Crippen LogP contribution in [-0.4, -0.2) is 37.0 Å². The molecule has 3 rings (SSSR count). The van der Waals surface area contributed by atoms with E-state index in [0.29, 0.717) is 31.2 Å². The molecule has 1 saturated heterocycles. The van der Waals surface area contributed by atoms with E-state index in [2.05, 4.69) is 4.90 Å². The fourth-order valence-corrected chi connectivity index (χ4v) is 3.70. The number of benzene rings is 2. The van der Waals surface area contributed by atoms with E-state index in [1.54, 1.807) is 11.0 Å². The Labute approximate surface area is 167 Å². The van der Waals surface area contributed by atoms with Gasteiger partial charge < -0.3 is 9.80 Å². The second-order valence-electron chi connectivity index (χ2n) is 6.95. The number of anilines is 1. The smallest absolute Gasteiger partial charge is 0.368 e. The van der Waals surface area contributed by atoms with E-state index in [0.717, 1.165) is 17.3 Å². The predicted molar refractivity (Wildman–Crippen MR) is 105 cm³/mol. The molecule has 150 valence electrons. The molecule has 0 aromatic heterocycles. The Morgan fingerprint density at radius 2 is 1.75 bits per heavy atom. The van der Waals surface area contributed by atoms with Crippen LogP contribution in [0.4, 0.5) is 18.9 Å². The normalized spacial score (nSPS) is 15.0. The van der Waals surface area contributed by atoms with Gasteiger partial charge in [-0.1, -0.05) is 35.9 Å². The van der Waals surface area contributed by atoms with Gasteiger partial charge in [0.15, 0.2) is 0 Å². The maximum absolute atomic E-state index is 13.1. The SMILES string of the molecule is Cc1ccc(Cl)cc1N1CCN(C(=O)CCc2ccccc2C(F)(F)F)CC1. The number of aryl methyl sites for hydroxylation is 2. The lowest BCUT2D eigenvalue weighted by Gasteiger charge is -2.37. The first-order chi connectivity index (χ1) is 13.3. The average molecular weight is 411 g/mol. The lowest BCUT2D eigenvalue weighted by molar-refractivity contribution is -0.138. The molecule has 3 nitrogen and oxygen atoms in total. The molecule has 0 atom stereocenters. The standard InChI is InChI=1S/C21H22ClF3N2O/c1-15-6-8-17(22)14-19(15)26-10-12-27(13-11-26)20(28)9-7-16-4-2-3-5-18(16)21(23,24)25/h2-6,8,14H,7,9-13H2,1H3. The molecule has 0 saturated carbocycles. The van der Waals surface area contributed by atoms with Crippen LogP contribution in [0.25, 0.3) is 0 Å². The van der Waals surface area contributed by atoms with Crippen molar-refractivity contribution < 1.29 is 18.0 Å². The average Bonchev–Trinajstić information content (AvgIpc) is 2.67. The van der Waals surface area contributed by atoms with Crippen LogP contribution in [0.1, 0.15) is 23.1 Å². The Balaban J connectivity index is 1.57. The third-order valence-corrected chi connectivity index (χ3v) is 5.31. The van der Waals surface area contributed by atoms with Crippen molar-refractivity contribution >= 4 is 23.2 Å². The summed E-state index contributed by atoms with van der Waals surface area (Å²) in [6, 6.07) is 11.2. The number of amides is 1. The quantitative estimate of drug-likeness (QED) is 0.712. The first-order valence-electron chi connectivity index (χ1n) is 9.19. The maximum Gasteiger partial charge on any atom is 0.416 e. The number of piperazine rings is 1.